The predicted molar refractivity (Wildman–Crippen MR) is 97.4 cm³/mol. The molecule has 0 amide bonds. The molecule has 0 bridgehead atoms. The van der Waals surface area contributed by atoms with Gasteiger partial charge in [0, 0.05) is 12.1 Å². The minimum atomic E-state index is 0.524. The largest absolute Gasteiger partial charge is 0.363 e. The summed E-state index contributed by atoms with van der Waals surface area (Å²) >= 11 is 5.16. The zero-order valence-electron chi connectivity index (χ0n) is 13.0. The van der Waals surface area contributed by atoms with E-state index in [9.17, 15) is 0 Å². The maximum atomic E-state index is 5.16. The summed E-state index contributed by atoms with van der Waals surface area (Å²) in [4.78, 5) is 13.5. The van der Waals surface area contributed by atoms with E-state index < -0.39 is 0 Å². The average molecular weight is 323 g/mol. The first-order valence-corrected chi connectivity index (χ1v) is 7.82. The number of anilines is 1. The smallest absolute Gasteiger partial charge is 0.180 e. The van der Waals surface area contributed by atoms with Crippen LogP contribution >= 0.6 is 12.2 Å². The van der Waals surface area contributed by atoms with Gasteiger partial charge in [-0.3, -0.25) is 0 Å². The van der Waals surface area contributed by atoms with Gasteiger partial charge in [-0.05, 0) is 38.2 Å². The third kappa shape index (κ3) is 3.60. The van der Waals surface area contributed by atoms with Crippen LogP contribution in [0.3, 0.4) is 0 Å². The van der Waals surface area contributed by atoms with Gasteiger partial charge in [0.2, 0.25) is 0 Å². The molecule has 1 aromatic carbocycles. The van der Waals surface area contributed by atoms with Crippen molar-refractivity contribution < 1.29 is 0 Å². The SMILES string of the molecule is CCNC(=S)Nc1cnc2ccc(-c3ccc(C)cc3)nc2n1. The number of rotatable bonds is 3. The zero-order chi connectivity index (χ0) is 16.2. The highest BCUT2D eigenvalue weighted by atomic mass is 32.1. The lowest BCUT2D eigenvalue weighted by Gasteiger charge is -2.08. The normalized spacial score (nSPS) is 10.5. The third-order valence-electron chi connectivity index (χ3n) is 3.33. The maximum absolute atomic E-state index is 5.16. The average Bonchev–Trinajstić information content (AvgIpc) is 2.55. The Morgan fingerprint density at radius 1 is 1.09 bits per heavy atom. The van der Waals surface area contributed by atoms with E-state index in [1.54, 1.807) is 6.20 Å². The summed E-state index contributed by atoms with van der Waals surface area (Å²) in [5, 5.41) is 6.55. The molecule has 0 radical (unpaired) electrons. The molecule has 3 aromatic rings. The van der Waals surface area contributed by atoms with Crippen molar-refractivity contribution in [1.29, 1.82) is 0 Å². The Kier molecular flexibility index (Phi) is 4.43. The molecule has 0 aliphatic carbocycles. The number of benzene rings is 1. The van der Waals surface area contributed by atoms with Crippen molar-refractivity contribution in [3.05, 3.63) is 48.2 Å². The van der Waals surface area contributed by atoms with E-state index in [2.05, 4.69) is 56.8 Å². The Bertz CT molecular complexity index is 845. The second-order valence-electron chi connectivity index (χ2n) is 5.14. The molecule has 0 fully saturated rings. The van der Waals surface area contributed by atoms with Gasteiger partial charge >= 0.3 is 0 Å². The summed E-state index contributed by atoms with van der Waals surface area (Å²) < 4.78 is 0. The second kappa shape index (κ2) is 6.66. The minimum absolute atomic E-state index is 0.524. The molecule has 0 atom stereocenters. The number of nitrogens with one attached hydrogen (secondary N) is 2. The zero-order valence-corrected chi connectivity index (χ0v) is 13.8. The van der Waals surface area contributed by atoms with E-state index in [-0.39, 0.29) is 0 Å². The summed E-state index contributed by atoms with van der Waals surface area (Å²) in [7, 11) is 0. The second-order valence-corrected chi connectivity index (χ2v) is 5.55. The molecule has 0 saturated heterocycles. The van der Waals surface area contributed by atoms with E-state index in [0.29, 0.717) is 16.6 Å². The number of hydrogen-bond donors (Lipinski definition) is 2. The summed E-state index contributed by atoms with van der Waals surface area (Å²) in [6.07, 6.45) is 1.65. The Hall–Kier alpha value is -2.60. The lowest BCUT2D eigenvalue weighted by Crippen LogP contribution is -2.28. The van der Waals surface area contributed by atoms with Gasteiger partial charge < -0.3 is 10.6 Å². The van der Waals surface area contributed by atoms with Gasteiger partial charge in [-0.1, -0.05) is 29.8 Å². The highest BCUT2D eigenvalue weighted by Crippen LogP contribution is 2.20. The molecule has 3 rings (SSSR count). The Morgan fingerprint density at radius 2 is 1.87 bits per heavy atom. The molecule has 2 heterocycles. The molecule has 0 spiro atoms. The van der Waals surface area contributed by atoms with Gasteiger partial charge in [-0.15, -0.1) is 0 Å². The number of aromatic nitrogens is 3. The predicted octanol–water partition coefficient (Wildman–Crippen LogP) is 3.31. The number of aryl methyl sites for hydroxylation is 1. The monoisotopic (exact) mass is 323 g/mol. The van der Waals surface area contributed by atoms with Crippen LogP contribution in [-0.4, -0.2) is 26.6 Å². The lowest BCUT2D eigenvalue weighted by atomic mass is 10.1. The van der Waals surface area contributed by atoms with E-state index in [1.165, 1.54) is 5.56 Å². The standard InChI is InChI=1S/C17H17N5S/c1-3-18-17(23)22-15-10-19-14-9-8-13(20-16(14)21-15)12-6-4-11(2)5-7-12/h4-10H,3H2,1-2H3,(H2,18,20,21,22,23). The summed E-state index contributed by atoms with van der Waals surface area (Å²) in [5.41, 5.74) is 4.49. The molecule has 116 valence electrons. The van der Waals surface area contributed by atoms with Crippen LogP contribution in [0.15, 0.2) is 42.6 Å². The number of pyridine rings is 1. The Morgan fingerprint density at radius 3 is 2.61 bits per heavy atom. The molecular formula is C17H17N5S. The maximum Gasteiger partial charge on any atom is 0.180 e. The fraction of sp³-hybridized carbons (Fsp3) is 0.176. The molecule has 2 N–H and O–H groups in total. The quantitative estimate of drug-likeness (QED) is 0.721. The molecule has 23 heavy (non-hydrogen) atoms. The first-order chi connectivity index (χ1) is 11.2. The van der Waals surface area contributed by atoms with Crippen LogP contribution in [0.25, 0.3) is 22.4 Å². The van der Waals surface area contributed by atoms with Crippen LogP contribution in [0.4, 0.5) is 5.82 Å². The van der Waals surface area contributed by atoms with Gasteiger partial charge in [0.05, 0.1) is 11.9 Å². The van der Waals surface area contributed by atoms with E-state index in [1.807, 2.05) is 19.1 Å². The van der Waals surface area contributed by atoms with Crippen LogP contribution < -0.4 is 10.6 Å². The highest BCUT2D eigenvalue weighted by molar-refractivity contribution is 7.80. The first-order valence-electron chi connectivity index (χ1n) is 7.41. The third-order valence-corrected chi connectivity index (χ3v) is 3.58. The summed E-state index contributed by atoms with van der Waals surface area (Å²) in [6.45, 7) is 4.80. The van der Waals surface area contributed by atoms with Crippen LogP contribution in [0.2, 0.25) is 0 Å². The van der Waals surface area contributed by atoms with Gasteiger partial charge in [0.15, 0.2) is 16.6 Å². The molecule has 6 heteroatoms. The summed E-state index contributed by atoms with van der Waals surface area (Å²) in [6, 6.07) is 12.1. The van der Waals surface area contributed by atoms with Crippen LogP contribution in [0.5, 0.6) is 0 Å². The Balaban J connectivity index is 1.94. The molecule has 0 aliphatic heterocycles. The minimum Gasteiger partial charge on any atom is -0.363 e. The lowest BCUT2D eigenvalue weighted by molar-refractivity contribution is 0.978. The topological polar surface area (TPSA) is 62.7 Å². The number of hydrogen-bond acceptors (Lipinski definition) is 4. The van der Waals surface area contributed by atoms with Crippen molar-refractivity contribution in [2.75, 3.05) is 11.9 Å². The molecule has 2 aromatic heterocycles. The molecule has 0 aliphatic rings. The van der Waals surface area contributed by atoms with Crippen LogP contribution in [-0.2, 0) is 0 Å². The van der Waals surface area contributed by atoms with E-state index >= 15 is 0 Å². The molecular weight excluding hydrogens is 306 g/mol. The van der Waals surface area contributed by atoms with Gasteiger partial charge in [0.25, 0.3) is 0 Å². The van der Waals surface area contributed by atoms with E-state index in [4.69, 9.17) is 12.2 Å². The van der Waals surface area contributed by atoms with Crippen molar-refractivity contribution in [2.45, 2.75) is 13.8 Å². The van der Waals surface area contributed by atoms with Crippen LogP contribution in [0, 0.1) is 6.92 Å². The Labute approximate surface area is 140 Å². The fourth-order valence-corrected chi connectivity index (χ4v) is 2.41. The highest BCUT2D eigenvalue weighted by Gasteiger charge is 2.06. The number of nitrogens with zero attached hydrogens (tertiary/aromatic N) is 3. The van der Waals surface area contributed by atoms with Crippen molar-refractivity contribution in [2.24, 2.45) is 0 Å². The molecule has 0 saturated carbocycles. The molecule has 0 unspecified atom stereocenters. The summed E-state index contributed by atoms with van der Waals surface area (Å²) in [5.74, 6) is 0.581. The van der Waals surface area contributed by atoms with Crippen molar-refractivity contribution in [3.63, 3.8) is 0 Å². The van der Waals surface area contributed by atoms with Gasteiger partial charge in [-0.25, -0.2) is 15.0 Å². The van der Waals surface area contributed by atoms with Gasteiger partial charge in [0.1, 0.15) is 5.52 Å². The van der Waals surface area contributed by atoms with Crippen molar-refractivity contribution in [1.82, 2.24) is 20.3 Å². The van der Waals surface area contributed by atoms with Gasteiger partial charge in [-0.2, -0.15) is 0 Å². The number of thiocarbonyl (C=S) groups is 1. The van der Waals surface area contributed by atoms with E-state index in [0.717, 1.165) is 23.3 Å². The van der Waals surface area contributed by atoms with Crippen molar-refractivity contribution in [3.8, 4) is 11.3 Å². The number of fused-ring (bicyclic) bond motifs is 1. The first kappa shape index (κ1) is 15.3. The van der Waals surface area contributed by atoms with Crippen molar-refractivity contribution >= 4 is 34.3 Å². The fourth-order valence-electron chi connectivity index (χ4n) is 2.16. The molecule has 5 nitrogen and oxygen atoms in total. The van der Waals surface area contributed by atoms with Crippen LogP contribution in [0.1, 0.15) is 12.5 Å².